The summed E-state index contributed by atoms with van der Waals surface area (Å²) in [5.74, 6) is 0.704. The van der Waals surface area contributed by atoms with Crippen LogP contribution in [-0.2, 0) is 30.5 Å². The molecule has 2 aromatic carbocycles. The van der Waals surface area contributed by atoms with Crippen molar-refractivity contribution in [1.29, 1.82) is 0 Å². The number of thiophene rings is 1. The molecule has 4 amide bonds. The van der Waals surface area contributed by atoms with Crippen LogP contribution < -0.4 is 21.3 Å². The number of benzene rings is 2. The van der Waals surface area contributed by atoms with E-state index in [9.17, 15) is 24.0 Å². The van der Waals surface area contributed by atoms with E-state index in [-0.39, 0.29) is 36.6 Å². The number of aromatic nitrogens is 3. The first-order valence-electron chi connectivity index (χ1n) is 20.1. The van der Waals surface area contributed by atoms with Crippen LogP contribution in [0.4, 0.5) is 5.69 Å². The Morgan fingerprint density at radius 2 is 1.73 bits per heavy atom. The fraction of sp³-hybridized carbons (Fsp3) is 0.442. The summed E-state index contributed by atoms with van der Waals surface area (Å²) in [4.78, 5) is 68.5. The second kappa shape index (κ2) is 22.5. The lowest BCUT2D eigenvalue weighted by Gasteiger charge is -2.26. The van der Waals surface area contributed by atoms with Gasteiger partial charge in [-0.2, -0.15) is 0 Å². The molecule has 0 spiro atoms. The molecule has 3 heterocycles. The molecule has 1 aliphatic rings. The molecule has 60 heavy (non-hydrogen) atoms. The van der Waals surface area contributed by atoms with Crippen molar-refractivity contribution in [3.63, 3.8) is 0 Å². The molecule has 17 heteroatoms. The van der Waals surface area contributed by atoms with Crippen LogP contribution in [0.1, 0.15) is 101 Å². The fourth-order valence-electron chi connectivity index (χ4n) is 6.87. The van der Waals surface area contributed by atoms with Gasteiger partial charge in [-0.15, -0.1) is 21.5 Å². The Kier molecular flexibility index (Phi) is 17.2. The predicted molar refractivity (Wildman–Crippen MR) is 233 cm³/mol. The smallest absolute Gasteiger partial charge is 0.226 e. The third-order valence-electron chi connectivity index (χ3n) is 10.5. The quantitative estimate of drug-likeness (QED) is 0.0555. The summed E-state index contributed by atoms with van der Waals surface area (Å²) in [6.45, 7) is 10.9. The Labute approximate surface area is 359 Å². The number of rotatable bonds is 23. The van der Waals surface area contributed by atoms with Crippen molar-refractivity contribution in [2.75, 3.05) is 45.2 Å². The van der Waals surface area contributed by atoms with Gasteiger partial charge in [0, 0.05) is 76.4 Å². The normalized spacial score (nSPS) is 13.8. The van der Waals surface area contributed by atoms with Crippen molar-refractivity contribution in [2.24, 2.45) is 4.99 Å². The summed E-state index contributed by atoms with van der Waals surface area (Å²) in [5.41, 5.74) is 5.61. The van der Waals surface area contributed by atoms with Crippen LogP contribution in [0, 0.1) is 20.8 Å². The zero-order valence-corrected chi connectivity index (χ0v) is 36.4. The van der Waals surface area contributed by atoms with Gasteiger partial charge in [-0.25, -0.2) is 0 Å². The Morgan fingerprint density at radius 3 is 2.48 bits per heavy atom. The number of aldehydes is 1. The maximum atomic E-state index is 13.2. The molecule has 0 bridgehead atoms. The number of halogens is 1. The molecule has 0 aliphatic carbocycles. The number of imide groups is 1. The minimum Gasteiger partial charge on any atom is -0.378 e. The molecule has 320 valence electrons. The molecular weight excluding hydrogens is 806 g/mol. The molecule has 1 unspecified atom stereocenters. The SMILES string of the molecule is Cc1sc2c(c1C)C(c1ccc(Cl)cc1)=N[C@@H](CC(=O)NCCOCCNCCCCC(=O)Nc1cccc(C=O)c1CN(C)C(C)CCC(=O)NC=O)c1nnc(C)n1-2. The van der Waals surface area contributed by atoms with Crippen LogP contribution in [-0.4, -0.2) is 102 Å². The predicted octanol–water partition coefficient (Wildman–Crippen LogP) is 5.41. The number of aryl methyl sites for hydroxylation is 2. The van der Waals surface area contributed by atoms with Gasteiger partial charge in [0.15, 0.2) is 5.82 Å². The molecule has 0 radical (unpaired) electrons. The highest BCUT2D eigenvalue weighted by atomic mass is 35.5. The van der Waals surface area contributed by atoms with Crippen molar-refractivity contribution in [3.8, 4) is 5.00 Å². The van der Waals surface area contributed by atoms with E-state index < -0.39 is 6.04 Å². The van der Waals surface area contributed by atoms with Gasteiger partial charge < -0.3 is 20.7 Å². The van der Waals surface area contributed by atoms with E-state index in [1.807, 2.05) is 54.6 Å². The third-order valence-corrected chi connectivity index (χ3v) is 12.0. The van der Waals surface area contributed by atoms with E-state index in [2.05, 4.69) is 45.3 Å². The highest BCUT2D eigenvalue weighted by molar-refractivity contribution is 7.15. The second-order valence-corrected chi connectivity index (χ2v) is 16.4. The van der Waals surface area contributed by atoms with E-state index >= 15 is 0 Å². The van der Waals surface area contributed by atoms with E-state index in [0.29, 0.717) is 92.7 Å². The number of fused-ring (bicyclic) bond motifs is 3. The lowest BCUT2D eigenvalue weighted by Crippen LogP contribution is -2.31. The summed E-state index contributed by atoms with van der Waals surface area (Å²) < 4.78 is 7.77. The molecule has 0 fully saturated rings. The maximum absolute atomic E-state index is 13.2. The molecule has 4 aromatic rings. The number of carbonyl (C=O) groups excluding carboxylic acids is 5. The largest absolute Gasteiger partial charge is 0.378 e. The summed E-state index contributed by atoms with van der Waals surface area (Å²) in [7, 11) is 1.89. The minimum absolute atomic E-state index is 0.0161. The summed E-state index contributed by atoms with van der Waals surface area (Å²) >= 11 is 7.88. The minimum atomic E-state index is -0.552. The molecule has 2 atom stereocenters. The lowest BCUT2D eigenvalue weighted by molar-refractivity contribution is -0.125. The standard InChI is InChI=1S/C43H54ClN9O6S/c1-27(12-17-37(56)47-26-55)52(5)24-34-32(25-54)9-8-10-35(34)48-38(57)11-6-7-18-45-19-21-59-22-20-46-39(58)23-36-42-51-50-30(4)53(42)43-40(28(2)29(3)60-43)41(49-36)31-13-15-33(44)16-14-31/h8-10,13-16,25-27,36,45H,6-7,11-12,17-24H2,1-5H3,(H,46,58)(H,48,57)(H,47,55,56)/t27?,36-/m0/s1. The zero-order valence-electron chi connectivity index (χ0n) is 34.8. The lowest BCUT2D eigenvalue weighted by atomic mass is 9.99. The van der Waals surface area contributed by atoms with Gasteiger partial charge in [-0.1, -0.05) is 35.9 Å². The number of ether oxygens (including phenoxy) is 1. The maximum Gasteiger partial charge on any atom is 0.226 e. The monoisotopic (exact) mass is 859 g/mol. The molecule has 4 N–H and O–H groups in total. The number of nitrogens with zero attached hydrogens (tertiary/aromatic N) is 5. The van der Waals surface area contributed by atoms with Crippen molar-refractivity contribution in [2.45, 2.75) is 84.8 Å². The van der Waals surface area contributed by atoms with Gasteiger partial charge in [0.05, 0.1) is 25.3 Å². The number of hydrogen-bond acceptors (Lipinski definition) is 12. The average Bonchev–Trinajstić information content (AvgIpc) is 3.71. The number of nitrogens with one attached hydrogen (secondary N) is 4. The Hall–Kier alpha value is -5.13. The van der Waals surface area contributed by atoms with Crippen LogP contribution in [0.5, 0.6) is 0 Å². The Bertz CT molecular complexity index is 2170. The van der Waals surface area contributed by atoms with Gasteiger partial charge in [0.1, 0.15) is 23.2 Å². The Morgan fingerprint density at radius 1 is 0.967 bits per heavy atom. The van der Waals surface area contributed by atoms with E-state index in [1.165, 1.54) is 4.88 Å². The summed E-state index contributed by atoms with van der Waals surface area (Å²) in [6.07, 6.45) is 3.73. The van der Waals surface area contributed by atoms with E-state index in [0.717, 1.165) is 45.9 Å². The van der Waals surface area contributed by atoms with Crippen LogP contribution >= 0.6 is 22.9 Å². The topological polar surface area (TPSA) is 189 Å². The first kappa shape index (κ1) is 45.9. The second-order valence-electron chi connectivity index (χ2n) is 14.8. The molecule has 0 saturated heterocycles. The van der Waals surface area contributed by atoms with E-state index in [1.54, 1.807) is 29.5 Å². The van der Waals surface area contributed by atoms with Gasteiger partial charge in [-0.3, -0.25) is 43.7 Å². The van der Waals surface area contributed by atoms with E-state index in [4.69, 9.17) is 21.3 Å². The highest BCUT2D eigenvalue weighted by Crippen LogP contribution is 2.39. The van der Waals surface area contributed by atoms with Gasteiger partial charge in [-0.05, 0) is 84.3 Å². The fourth-order valence-corrected chi connectivity index (χ4v) is 8.21. The van der Waals surface area contributed by atoms with Crippen molar-refractivity contribution in [3.05, 3.63) is 91.8 Å². The van der Waals surface area contributed by atoms with Crippen LogP contribution in [0.3, 0.4) is 0 Å². The van der Waals surface area contributed by atoms with Gasteiger partial charge >= 0.3 is 0 Å². The third kappa shape index (κ3) is 12.2. The first-order valence-corrected chi connectivity index (χ1v) is 21.3. The first-order chi connectivity index (χ1) is 28.9. The highest BCUT2D eigenvalue weighted by Gasteiger charge is 2.32. The zero-order chi connectivity index (χ0) is 43.2. The molecule has 15 nitrogen and oxygen atoms in total. The number of anilines is 1. The molecular formula is C43H54ClN9O6S. The number of carbonyl (C=O) groups is 5. The van der Waals surface area contributed by atoms with Gasteiger partial charge in [0.25, 0.3) is 0 Å². The number of hydrogen-bond donors (Lipinski definition) is 4. The molecule has 5 rings (SSSR count). The summed E-state index contributed by atoms with van der Waals surface area (Å²) in [5, 5.41) is 21.9. The molecule has 0 saturated carbocycles. The van der Waals surface area contributed by atoms with Crippen LogP contribution in [0.2, 0.25) is 5.02 Å². The Balaban J connectivity index is 1.00. The number of unbranched alkanes of at least 4 members (excludes halogenated alkanes) is 1. The van der Waals surface area contributed by atoms with Crippen molar-refractivity contribution < 1.29 is 28.7 Å². The number of amides is 4. The van der Waals surface area contributed by atoms with Crippen molar-refractivity contribution in [1.82, 2.24) is 35.6 Å². The van der Waals surface area contributed by atoms with Crippen molar-refractivity contribution >= 4 is 64.8 Å². The molecule has 1 aliphatic heterocycles. The van der Waals surface area contributed by atoms with Crippen LogP contribution in [0.25, 0.3) is 5.00 Å². The number of aliphatic imine (C=N–C) groups is 1. The summed E-state index contributed by atoms with van der Waals surface area (Å²) in [6, 6.07) is 12.2. The van der Waals surface area contributed by atoms with Crippen LogP contribution in [0.15, 0.2) is 47.5 Å². The van der Waals surface area contributed by atoms with Gasteiger partial charge in [0.2, 0.25) is 24.1 Å². The average molecular weight is 860 g/mol. The molecule has 2 aromatic heterocycles.